The predicted molar refractivity (Wildman–Crippen MR) is 130 cm³/mol. The molecule has 0 bridgehead atoms. The van der Waals surface area contributed by atoms with E-state index in [0.29, 0.717) is 34.9 Å². The van der Waals surface area contributed by atoms with Crippen LogP contribution in [0, 0.1) is 5.92 Å². The summed E-state index contributed by atoms with van der Waals surface area (Å²) in [6.07, 6.45) is 5.20. The van der Waals surface area contributed by atoms with Crippen molar-refractivity contribution in [2.75, 3.05) is 0 Å². The lowest BCUT2D eigenvalue weighted by Crippen LogP contribution is -2.16. The van der Waals surface area contributed by atoms with Crippen molar-refractivity contribution in [3.63, 3.8) is 0 Å². The molecule has 0 aliphatic heterocycles. The van der Waals surface area contributed by atoms with Crippen LogP contribution in [0.2, 0.25) is 0 Å². The monoisotopic (exact) mass is 476 g/mol. The highest BCUT2D eigenvalue weighted by Gasteiger charge is 2.24. The maximum atomic E-state index is 12.7. The molecule has 0 radical (unpaired) electrons. The zero-order valence-electron chi connectivity index (χ0n) is 19.0. The fourth-order valence-electron chi connectivity index (χ4n) is 4.58. The Labute approximate surface area is 203 Å². The van der Waals surface area contributed by atoms with Crippen LogP contribution in [0.15, 0.2) is 54.6 Å². The van der Waals surface area contributed by atoms with Crippen molar-refractivity contribution < 1.29 is 19.5 Å². The number of rotatable bonds is 10. The second-order valence-electron chi connectivity index (χ2n) is 8.92. The van der Waals surface area contributed by atoms with Crippen LogP contribution in [0.4, 0.5) is 0 Å². The van der Waals surface area contributed by atoms with Gasteiger partial charge in [-0.05, 0) is 43.1 Å². The van der Waals surface area contributed by atoms with Crippen LogP contribution < -0.4 is 0 Å². The Morgan fingerprint density at radius 1 is 0.824 bits per heavy atom. The van der Waals surface area contributed by atoms with Crippen molar-refractivity contribution in [3.8, 4) is 0 Å². The van der Waals surface area contributed by atoms with E-state index in [0.717, 1.165) is 30.7 Å². The first-order valence-electron chi connectivity index (χ1n) is 11.7. The third-order valence-corrected chi connectivity index (χ3v) is 7.48. The largest absolute Gasteiger partial charge is 0.481 e. The molecule has 2 aromatic carbocycles. The van der Waals surface area contributed by atoms with Crippen molar-refractivity contribution >= 4 is 28.9 Å². The highest BCUT2D eigenvalue weighted by molar-refractivity contribution is 7.11. The summed E-state index contributed by atoms with van der Waals surface area (Å²) in [5.74, 6) is 0.0691. The van der Waals surface area contributed by atoms with Crippen molar-refractivity contribution in [2.24, 2.45) is 5.92 Å². The third-order valence-electron chi connectivity index (χ3n) is 6.50. The number of carbonyl (C=O) groups is 3. The van der Waals surface area contributed by atoms with Gasteiger partial charge in [-0.2, -0.15) is 0 Å². The molecule has 176 valence electrons. The minimum atomic E-state index is -0.713. The molecule has 1 aliphatic carbocycles. The van der Waals surface area contributed by atoms with Gasteiger partial charge < -0.3 is 5.11 Å². The lowest BCUT2D eigenvalue weighted by atomic mass is 9.77. The molecular weight excluding hydrogens is 448 g/mol. The molecule has 1 N–H and O–H groups in total. The molecule has 0 spiro atoms. The molecule has 1 saturated carbocycles. The number of ketones is 2. The number of carboxylic acid groups (broad SMARTS) is 1. The summed E-state index contributed by atoms with van der Waals surface area (Å²) >= 11 is 1.39. The topological polar surface area (TPSA) is 97.2 Å². The van der Waals surface area contributed by atoms with Crippen LogP contribution in [-0.4, -0.2) is 32.8 Å². The van der Waals surface area contributed by atoms with Gasteiger partial charge in [0.2, 0.25) is 0 Å². The summed E-state index contributed by atoms with van der Waals surface area (Å²) in [6.45, 7) is 0. The van der Waals surface area contributed by atoms with Crippen LogP contribution in [0.3, 0.4) is 0 Å². The zero-order chi connectivity index (χ0) is 23.9. The van der Waals surface area contributed by atoms with Gasteiger partial charge in [-0.3, -0.25) is 14.4 Å². The van der Waals surface area contributed by atoms with Crippen molar-refractivity contribution in [2.45, 2.75) is 57.3 Å². The number of benzene rings is 2. The van der Waals surface area contributed by atoms with Crippen LogP contribution in [0.5, 0.6) is 0 Å². The lowest BCUT2D eigenvalue weighted by Gasteiger charge is -2.28. The quantitative estimate of drug-likeness (QED) is 0.387. The first-order chi connectivity index (χ1) is 16.5. The molecule has 6 nitrogen and oxygen atoms in total. The lowest BCUT2D eigenvalue weighted by molar-refractivity contribution is -0.138. The van der Waals surface area contributed by atoms with E-state index in [4.69, 9.17) is 5.11 Å². The SMILES string of the molecule is O=C(O)CC1CCC(c2ccc(C(=O)Cc3nnc(CCC(=O)c4ccccc4)s3)cc2)CC1. The number of aliphatic carboxylic acids is 1. The van der Waals surface area contributed by atoms with Crippen molar-refractivity contribution in [3.05, 3.63) is 81.3 Å². The minimum Gasteiger partial charge on any atom is -0.481 e. The van der Waals surface area contributed by atoms with Gasteiger partial charge in [0.05, 0.1) is 6.42 Å². The van der Waals surface area contributed by atoms with Gasteiger partial charge in [-0.25, -0.2) is 0 Å². The zero-order valence-corrected chi connectivity index (χ0v) is 19.8. The number of hydrogen-bond donors (Lipinski definition) is 1. The van der Waals surface area contributed by atoms with Crippen molar-refractivity contribution in [1.29, 1.82) is 0 Å². The molecule has 1 heterocycles. The van der Waals surface area contributed by atoms with Gasteiger partial charge in [0.15, 0.2) is 11.6 Å². The molecule has 7 heteroatoms. The van der Waals surface area contributed by atoms with E-state index in [1.807, 2.05) is 54.6 Å². The smallest absolute Gasteiger partial charge is 0.303 e. The maximum Gasteiger partial charge on any atom is 0.303 e. The number of carbonyl (C=O) groups excluding carboxylic acids is 2. The Hall–Kier alpha value is -3.19. The molecule has 34 heavy (non-hydrogen) atoms. The van der Waals surface area contributed by atoms with Gasteiger partial charge in [0.1, 0.15) is 10.0 Å². The normalized spacial score (nSPS) is 17.9. The van der Waals surface area contributed by atoms with Gasteiger partial charge in [0, 0.05) is 30.4 Å². The van der Waals surface area contributed by atoms with Crippen LogP contribution >= 0.6 is 11.3 Å². The van der Waals surface area contributed by atoms with E-state index in [-0.39, 0.29) is 30.3 Å². The number of aromatic nitrogens is 2. The summed E-state index contributed by atoms with van der Waals surface area (Å²) in [4.78, 5) is 35.9. The fraction of sp³-hybridized carbons (Fsp3) is 0.370. The van der Waals surface area contributed by atoms with E-state index >= 15 is 0 Å². The van der Waals surface area contributed by atoms with Gasteiger partial charge in [0.25, 0.3) is 0 Å². The molecular formula is C27H28N2O4S. The first-order valence-corrected chi connectivity index (χ1v) is 12.5. The van der Waals surface area contributed by atoms with Gasteiger partial charge >= 0.3 is 5.97 Å². The van der Waals surface area contributed by atoms with Crippen molar-refractivity contribution in [1.82, 2.24) is 10.2 Å². The molecule has 4 rings (SSSR count). The van der Waals surface area contributed by atoms with Crippen LogP contribution in [0.25, 0.3) is 0 Å². The highest BCUT2D eigenvalue weighted by atomic mass is 32.1. The van der Waals surface area contributed by atoms with E-state index in [9.17, 15) is 14.4 Å². The summed E-state index contributed by atoms with van der Waals surface area (Å²) < 4.78 is 0. The Bertz CT molecular complexity index is 1130. The summed E-state index contributed by atoms with van der Waals surface area (Å²) in [5, 5.41) is 18.7. The molecule has 1 aromatic heterocycles. The molecule has 0 atom stereocenters. The Morgan fingerprint density at radius 3 is 2.15 bits per heavy atom. The molecule has 0 unspecified atom stereocenters. The van der Waals surface area contributed by atoms with Crippen LogP contribution in [0.1, 0.15) is 80.7 Å². The number of aryl methyl sites for hydroxylation is 1. The van der Waals surface area contributed by atoms with E-state index in [1.54, 1.807) is 0 Å². The molecule has 3 aromatic rings. The predicted octanol–water partition coefficient (Wildman–Crippen LogP) is 5.53. The second kappa shape index (κ2) is 11.3. The summed E-state index contributed by atoms with van der Waals surface area (Å²) in [6, 6.07) is 17.0. The number of Topliss-reactive ketones (excluding diaryl/α,β-unsaturated/α-hetero) is 2. The van der Waals surface area contributed by atoms with E-state index in [1.165, 1.54) is 16.9 Å². The van der Waals surface area contributed by atoms with E-state index in [2.05, 4.69) is 10.2 Å². The average molecular weight is 477 g/mol. The number of nitrogens with zero attached hydrogens (tertiary/aromatic N) is 2. The maximum absolute atomic E-state index is 12.7. The fourth-order valence-corrected chi connectivity index (χ4v) is 5.42. The van der Waals surface area contributed by atoms with E-state index < -0.39 is 5.97 Å². The number of carboxylic acids is 1. The Morgan fingerprint density at radius 2 is 1.47 bits per heavy atom. The summed E-state index contributed by atoms with van der Waals surface area (Å²) in [5.41, 5.74) is 2.56. The minimum absolute atomic E-state index is 0.000205. The summed E-state index contributed by atoms with van der Waals surface area (Å²) in [7, 11) is 0. The molecule has 1 fully saturated rings. The molecule has 1 aliphatic rings. The standard InChI is InChI=1S/C27H28N2O4S/c30-23(21-4-2-1-3-5-21)14-15-25-28-29-26(34-25)17-24(31)22-12-10-20(11-13-22)19-8-6-18(7-9-19)16-27(32)33/h1-5,10-13,18-19H,6-9,14-17H2,(H,32,33). The first kappa shape index (κ1) is 24.0. The van der Waals surface area contributed by atoms with Gasteiger partial charge in [-0.15, -0.1) is 21.5 Å². The Kier molecular flexibility index (Phi) is 7.95. The third kappa shape index (κ3) is 6.44. The average Bonchev–Trinajstić information content (AvgIpc) is 3.30. The van der Waals surface area contributed by atoms with Crippen LogP contribution in [-0.2, 0) is 17.6 Å². The van der Waals surface area contributed by atoms with Gasteiger partial charge in [-0.1, -0.05) is 54.6 Å². The number of hydrogen-bond acceptors (Lipinski definition) is 6. The molecule has 0 saturated heterocycles. The second-order valence-corrected chi connectivity index (χ2v) is 10.1. The molecule has 0 amide bonds. The Balaban J connectivity index is 1.27. The highest BCUT2D eigenvalue weighted by Crippen LogP contribution is 2.37.